The Hall–Kier alpha value is -2.25. The van der Waals surface area contributed by atoms with Crippen LogP contribution in [-0.2, 0) is 24.3 Å². The molecule has 1 aliphatic heterocycles. The van der Waals surface area contributed by atoms with E-state index in [0.29, 0.717) is 30.3 Å². The number of rotatable bonds is 3. The number of amides is 1. The van der Waals surface area contributed by atoms with Crippen LogP contribution in [0.2, 0.25) is 0 Å². The molecule has 3 rings (SSSR count). The Kier molecular flexibility index (Phi) is 3.67. The van der Waals surface area contributed by atoms with Crippen molar-refractivity contribution in [3.05, 3.63) is 23.2 Å². The number of oxazole rings is 1. The summed E-state index contributed by atoms with van der Waals surface area (Å²) >= 11 is 0. The van der Waals surface area contributed by atoms with Gasteiger partial charge in [-0.2, -0.15) is 13.9 Å². The third-order valence-corrected chi connectivity index (χ3v) is 3.76. The summed E-state index contributed by atoms with van der Waals surface area (Å²) in [5, 5.41) is 4.47. The molecule has 0 saturated heterocycles. The van der Waals surface area contributed by atoms with Gasteiger partial charge in [0.1, 0.15) is 5.76 Å². The number of aromatic nitrogens is 3. The Balaban J connectivity index is 2.01. The molecule has 0 fully saturated rings. The quantitative estimate of drug-likeness (QED) is 0.870. The molecule has 0 aromatic carbocycles. The maximum Gasteiger partial charge on any atom is 0.315 e. The number of aryl methyl sites for hydroxylation is 2. The highest BCUT2D eigenvalue weighted by molar-refractivity contribution is 5.80. The highest BCUT2D eigenvalue weighted by atomic mass is 19.3. The van der Waals surface area contributed by atoms with Gasteiger partial charge in [0.25, 0.3) is 5.91 Å². The van der Waals surface area contributed by atoms with Gasteiger partial charge in [0.05, 0.1) is 12.7 Å². The van der Waals surface area contributed by atoms with Crippen LogP contribution in [-0.4, -0.2) is 38.5 Å². The third-order valence-electron chi connectivity index (χ3n) is 3.76. The predicted octanol–water partition coefficient (Wildman–Crippen LogP) is 2.02. The summed E-state index contributed by atoms with van der Waals surface area (Å²) in [5.74, 6) is -0.150. The number of carbonyl (C=O) groups excluding carboxylic acids is 1. The van der Waals surface area contributed by atoms with Crippen molar-refractivity contribution in [1.29, 1.82) is 0 Å². The summed E-state index contributed by atoms with van der Waals surface area (Å²) in [4.78, 5) is 16.9. The van der Waals surface area contributed by atoms with Crippen molar-refractivity contribution < 1.29 is 18.0 Å². The molecular weight excluding hydrogens is 294 g/mol. The van der Waals surface area contributed by atoms with Gasteiger partial charge < -0.3 is 9.32 Å². The fraction of sp³-hybridized carbons (Fsp3) is 0.500. The van der Waals surface area contributed by atoms with Crippen LogP contribution < -0.4 is 0 Å². The Bertz CT molecular complexity index is 708. The number of hydrogen-bond donors (Lipinski definition) is 0. The molecule has 2 aromatic heterocycles. The fourth-order valence-corrected chi connectivity index (χ4v) is 2.71. The van der Waals surface area contributed by atoms with E-state index in [1.165, 1.54) is 0 Å². The maximum atomic E-state index is 12.6. The zero-order valence-corrected chi connectivity index (χ0v) is 12.3. The molecule has 8 heteroatoms. The lowest BCUT2D eigenvalue weighted by Gasteiger charge is -2.27. The van der Waals surface area contributed by atoms with Gasteiger partial charge in [-0.05, 0) is 13.8 Å². The largest absolute Gasteiger partial charge is 0.440 e. The van der Waals surface area contributed by atoms with Gasteiger partial charge >= 0.3 is 6.43 Å². The zero-order chi connectivity index (χ0) is 15.9. The summed E-state index contributed by atoms with van der Waals surface area (Å²) in [6.45, 7) is 4.76. The molecular formula is C14H16F2N4O2. The average molecular weight is 310 g/mol. The summed E-state index contributed by atoms with van der Waals surface area (Å²) < 4.78 is 32.6. The van der Waals surface area contributed by atoms with Gasteiger partial charge in [0, 0.05) is 30.8 Å². The Morgan fingerprint density at radius 3 is 2.86 bits per heavy atom. The van der Waals surface area contributed by atoms with Crippen molar-refractivity contribution >= 4 is 5.91 Å². The molecule has 0 spiro atoms. The maximum absolute atomic E-state index is 12.6. The van der Waals surface area contributed by atoms with Crippen LogP contribution in [0, 0.1) is 6.92 Å². The van der Waals surface area contributed by atoms with Crippen LogP contribution in [0.5, 0.6) is 0 Å². The molecule has 1 aliphatic rings. The molecule has 118 valence electrons. The smallest absolute Gasteiger partial charge is 0.315 e. The molecule has 0 atom stereocenters. The van der Waals surface area contributed by atoms with Crippen molar-refractivity contribution in [3.8, 4) is 11.6 Å². The molecule has 0 N–H and O–H groups in total. The first-order valence-corrected chi connectivity index (χ1v) is 7.09. The number of alkyl halides is 2. The van der Waals surface area contributed by atoms with E-state index in [-0.39, 0.29) is 13.1 Å². The van der Waals surface area contributed by atoms with Crippen molar-refractivity contribution in [2.75, 3.05) is 6.54 Å². The lowest BCUT2D eigenvalue weighted by atomic mass is 10.0. The second-order valence-electron chi connectivity index (χ2n) is 5.18. The lowest BCUT2D eigenvalue weighted by molar-refractivity contribution is -0.143. The summed E-state index contributed by atoms with van der Waals surface area (Å²) in [6, 6.07) is 0. The van der Waals surface area contributed by atoms with E-state index in [1.54, 1.807) is 13.1 Å². The molecule has 0 aliphatic carbocycles. The van der Waals surface area contributed by atoms with Crippen LogP contribution in [0.1, 0.15) is 23.9 Å². The summed E-state index contributed by atoms with van der Waals surface area (Å²) in [7, 11) is 0. The van der Waals surface area contributed by atoms with Crippen molar-refractivity contribution in [2.24, 2.45) is 0 Å². The Morgan fingerprint density at radius 2 is 2.27 bits per heavy atom. The number of halogens is 2. The first-order valence-electron chi connectivity index (χ1n) is 7.09. The van der Waals surface area contributed by atoms with E-state index in [9.17, 15) is 13.6 Å². The monoisotopic (exact) mass is 310 g/mol. The number of fused-ring (bicyclic) bond motifs is 1. The van der Waals surface area contributed by atoms with E-state index in [1.807, 2.05) is 11.6 Å². The topological polar surface area (TPSA) is 64.2 Å². The van der Waals surface area contributed by atoms with Gasteiger partial charge in [-0.1, -0.05) is 0 Å². The van der Waals surface area contributed by atoms with E-state index >= 15 is 0 Å². The van der Waals surface area contributed by atoms with E-state index in [0.717, 1.165) is 16.2 Å². The fourth-order valence-electron chi connectivity index (χ4n) is 2.71. The highest BCUT2D eigenvalue weighted by Gasteiger charge is 2.32. The molecule has 0 bridgehead atoms. The zero-order valence-electron chi connectivity index (χ0n) is 12.3. The predicted molar refractivity (Wildman–Crippen MR) is 73.3 cm³/mol. The van der Waals surface area contributed by atoms with E-state index < -0.39 is 12.3 Å². The van der Waals surface area contributed by atoms with E-state index in [4.69, 9.17) is 4.42 Å². The normalized spacial score (nSPS) is 14.5. The standard InChI is InChI=1S/C14H16F2N4O2/c1-3-20-10-4-5-19(14(21)12(15)16)7-9(10)11(18-20)13-17-6-8(2)22-13/h6,12H,3-5,7H2,1-2H3. The average Bonchev–Trinajstić information content (AvgIpc) is 3.08. The first kappa shape index (κ1) is 14.7. The van der Waals surface area contributed by atoms with Crippen molar-refractivity contribution in [3.63, 3.8) is 0 Å². The van der Waals surface area contributed by atoms with Gasteiger partial charge in [-0.25, -0.2) is 4.98 Å². The number of hydrogen-bond acceptors (Lipinski definition) is 4. The van der Waals surface area contributed by atoms with Gasteiger partial charge in [-0.15, -0.1) is 0 Å². The molecule has 6 nitrogen and oxygen atoms in total. The molecule has 2 aromatic rings. The second kappa shape index (κ2) is 5.51. The van der Waals surface area contributed by atoms with Gasteiger partial charge in [-0.3, -0.25) is 9.48 Å². The van der Waals surface area contributed by atoms with Crippen LogP contribution in [0.4, 0.5) is 8.78 Å². The molecule has 0 radical (unpaired) electrons. The van der Waals surface area contributed by atoms with Crippen LogP contribution in [0.25, 0.3) is 11.6 Å². The van der Waals surface area contributed by atoms with Crippen LogP contribution >= 0.6 is 0 Å². The molecule has 0 saturated carbocycles. The minimum absolute atomic E-state index is 0.106. The SMILES string of the molecule is CCn1nc(-c2ncc(C)o2)c2c1CCN(C(=O)C(F)F)C2. The number of carbonyl (C=O) groups is 1. The summed E-state index contributed by atoms with van der Waals surface area (Å²) in [6.07, 6.45) is -0.915. The van der Waals surface area contributed by atoms with E-state index in [2.05, 4.69) is 10.1 Å². The molecule has 3 heterocycles. The minimum atomic E-state index is -2.99. The van der Waals surface area contributed by atoms with Gasteiger partial charge in [0.15, 0.2) is 5.69 Å². The van der Waals surface area contributed by atoms with Crippen molar-refractivity contribution in [1.82, 2.24) is 19.7 Å². The lowest BCUT2D eigenvalue weighted by Crippen LogP contribution is -2.39. The van der Waals surface area contributed by atoms with Crippen LogP contribution in [0.3, 0.4) is 0 Å². The number of nitrogens with zero attached hydrogens (tertiary/aromatic N) is 4. The second-order valence-corrected chi connectivity index (χ2v) is 5.18. The molecule has 1 amide bonds. The molecule has 22 heavy (non-hydrogen) atoms. The third kappa shape index (κ3) is 2.38. The Morgan fingerprint density at radius 1 is 1.50 bits per heavy atom. The highest BCUT2D eigenvalue weighted by Crippen LogP contribution is 2.30. The first-order chi connectivity index (χ1) is 10.5. The molecule has 0 unspecified atom stereocenters. The Labute approximate surface area is 125 Å². The van der Waals surface area contributed by atoms with Gasteiger partial charge in [0.2, 0.25) is 5.89 Å². The van der Waals surface area contributed by atoms with Crippen molar-refractivity contribution in [2.45, 2.75) is 39.8 Å². The van der Waals surface area contributed by atoms with Crippen LogP contribution in [0.15, 0.2) is 10.6 Å². The summed E-state index contributed by atoms with van der Waals surface area (Å²) in [5.41, 5.74) is 2.22. The minimum Gasteiger partial charge on any atom is -0.440 e.